The molecule has 0 N–H and O–H groups in total. The third-order valence-electron chi connectivity index (χ3n) is 2.62. The summed E-state index contributed by atoms with van der Waals surface area (Å²) in [5.41, 5.74) is 1.01. The average molecular weight is 250 g/mol. The second-order valence-electron chi connectivity index (χ2n) is 4.31. The Hall–Kier alpha value is -1.31. The molecule has 1 aromatic carbocycles. The number of rotatable bonds is 8. The second-order valence-corrected chi connectivity index (χ2v) is 4.31. The molecule has 2 heteroatoms. The highest BCUT2D eigenvalue weighted by Crippen LogP contribution is 2.03. The van der Waals surface area contributed by atoms with E-state index >= 15 is 0 Å². The van der Waals surface area contributed by atoms with Crippen molar-refractivity contribution in [2.45, 2.75) is 59.0 Å². The molecular weight excluding hydrogens is 224 g/mol. The number of hydrogen-bond acceptors (Lipinski definition) is 2. The highest BCUT2D eigenvalue weighted by atomic mass is 16.5. The van der Waals surface area contributed by atoms with Crippen LogP contribution in [-0.4, -0.2) is 6.47 Å². The first-order chi connectivity index (χ1) is 8.85. The van der Waals surface area contributed by atoms with Gasteiger partial charge in [0.1, 0.15) is 6.61 Å². The predicted octanol–water partition coefficient (Wildman–Crippen LogP) is 4.73. The van der Waals surface area contributed by atoms with Gasteiger partial charge in [0.25, 0.3) is 6.47 Å². The van der Waals surface area contributed by atoms with Gasteiger partial charge in [-0.1, -0.05) is 82.7 Å². The molecule has 102 valence electrons. The number of ether oxygens (including phenoxy) is 1. The van der Waals surface area contributed by atoms with Gasteiger partial charge in [-0.2, -0.15) is 0 Å². The van der Waals surface area contributed by atoms with Crippen molar-refractivity contribution in [2.24, 2.45) is 0 Å². The first kappa shape index (κ1) is 16.7. The molecule has 0 radical (unpaired) electrons. The predicted molar refractivity (Wildman–Crippen MR) is 76.3 cm³/mol. The number of carbonyl (C=O) groups is 1. The molecule has 0 fully saturated rings. The summed E-state index contributed by atoms with van der Waals surface area (Å²) < 4.78 is 4.54. The molecule has 0 aliphatic rings. The van der Waals surface area contributed by atoms with Gasteiger partial charge in [-0.15, -0.1) is 0 Å². The van der Waals surface area contributed by atoms with Crippen molar-refractivity contribution in [2.75, 3.05) is 0 Å². The summed E-state index contributed by atoms with van der Waals surface area (Å²) in [5.74, 6) is 0. The van der Waals surface area contributed by atoms with Gasteiger partial charge in [-0.3, -0.25) is 4.79 Å². The van der Waals surface area contributed by atoms with E-state index in [1.54, 1.807) is 0 Å². The molecule has 0 saturated heterocycles. The number of benzene rings is 1. The normalized spacial score (nSPS) is 9.22. The van der Waals surface area contributed by atoms with Crippen molar-refractivity contribution in [3.05, 3.63) is 35.9 Å². The van der Waals surface area contributed by atoms with Crippen molar-refractivity contribution < 1.29 is 9.53 Å². The fourth-order valence-electron chi connectivity index (χ4n) is 1.56. The van der Waals surface area contributed by atoms with E-state index in [0.717, 1.165) is 5.56 Å². The van der Waals surface area contributed by atoms with Crippen LogP contribution in [0.3, 0.4) is 0 Å². The summed E-state index contributed by atoms with van der Waals surface area (Å²) >= 11 is 0. The summed E-state index contributed by atoms with van der Waals surface area (Å²) in [6, 6.07) is 9.55. The minimum Gasteiger partial charge on any atom is -0.463 e. The molecule has 0 aliphatic heterocycles. The van der Waals surface area contributed by atoms with Gasteiger partial charge in [0.05, 0.1) is 0 Å². The van der Waals surface area contributed by atoms with Crippen LogP contribution in [0.25, 0.3) is 0 Å². The lowest BCUT2D eigenvalue weighted by Gasteiger charge is -1.95. The molecule has 1 aromatic rings. The van der Waals surface area contributed by atoms with Crippen molar-refractivity contribution in [3.63, 3.8) is 0 Å². The summed E-state index contributed by atoms with van der Waals surface area (Å²) in [7, 11) is 0. The Morgan fingerprint density at radius 2 is 1.50 bits per heavy atom. The maximum absolute atomic E-state index is 9.76. The van der Waals surface area contributed by atoms with E-state index in [1.807, 2.05) is 30.3 Å². The zero-order valence-electron chi connectivity index (χ0n) is 11.7. The van der Waals surface area contributed by atoms with E-state index in [0.29, 0.717) is 13.1 Å². The van der Waals surface area contributed by atoms with Crippen LogP contribution in [0, 0.1) is 0 Å². The van der Waals surface area contributed by atoms with Gasteiger partial charge in [-0.25, -0.2) is 0 Å². The van der Waals surface area contributed by atoms with Crippen molar-refractivity contribution in [1.82, 2.24) is 0 Å². The Labute approximate surface area is 111 Å². The van der Waals surface area contributed by atoms with E-state index in [1.165, 1.54) is 38.5 Å². The Kier molecular flexibility index (Phi) is 12.8. The standard InChI is InChI=1S/C8H8O2.C8H18/c9-7-10-6-8-4-2-1-3-5-8;1-3-5-7-8-6-4-2/h1-5,7H,6H2;3-8H2,1-2H3. The monoisotopic (exact) mass is 250 g/mol. The average Bonchev–Trinajstić information content (AvgIpc) is 2.43. The van der Waals surface area contributed by atoms with Gasteiger partial charge < -0.3 is 4.74 Å². The van der Waals surface area contributed by atoms with E-state index in [4.69, 9.17) is 0 Å². The molecule has 0 heterocycles. The molecule has 0 spiro atoms. The Balaban J connectivity index is 0.000000331. The van der Waals surface area contributed by atoms with E-state index < -0.39 is 0 Å². The molecule has 0 amide bonds. The van der Waals surface area contributed by atoms with Gasteiger partial charge >= 0.3 is 0 Å². The van der Waals surface area contributed by atoms with E-state index in [-0.39, 0.29) is 0 Å². The van der Waals surface area contributed by atoms with Gasteiger partial charge in [-0.05, 0) is 5.56 Å². The smallest absolute Gasteiger partial charge is 0.293 e. The third-order valence-corrected chi connectivity index (χ3v) is 2.62. The van der Waals surface area contributed by atoms with Crippen molar-refractivity contribution in [1.29, 1.82) is 0 Å². The minimum absolute atomic E-state index is 0.365. The van der Waals surface area contributed by atoms with Crippen LogP contribution in [0.5, 0.6) is 0 Å². The van der Waals surface area contributed by atoms with Crippen LogP contribution in [0.4, 0.5) is 0 Å². The summed E-state index contributed by atoms with van der Waals surface area (Å²) in [6.07, 6.45) is 8.49. The van der Waals surface area contributed by atoms with Crippen LogP contribution in [-0.2, 0) is 16.1 Å². The maximum Gasteiger partial charge on any atom is 0.293 e. The highest BCUT2D eigenvalue weighted by Gasteiger charge is 1.87. The summed E-state index contributed by atoms with van der Waals surface area (Å²) in [5, 5.41) is 0. The second kappa shape index (κ2) is 13.8. The molecule has 0 aliphatic carbocycles. The van der Waals surface area contributed by atoms with Gasteiger partial charge in [0, 0.05) is 0 Å². The van der Waals surface area contributed by atoms with Crippen molar-refractivity contribution in [3.8, 4) is 0 Å². The van der Waals surface area contributed by atoms with Gasteiger partial charge in [0.2, 0.25) is 0 Å². The van der Waals surface area contributed by atoms with Crippen LogP contribution in [0.2, 0.25) is 0 Å². The zero-order valence-corrected chi connectivity index (χ0v) is 11.7. The van der Waals surface area contributed by atoms with E-state index in [2.05, 4.69) is 18.6 Å². The third kappa shape index (κ3) is 11.2. The molecule has 18 heavy (non-hydrogen) atoms. The zero-order chi connectivity index (χ0) is 13.5. The minimum atomic E-state index is 0.365. The molecular formula is C16H26O2. The van der Waals surface area contributed by atoms with Crippen molar-refractivity contribution >= 4 is 6.47 Å². The number of hydrogen-bond donors (Lipinski definition) is 0. The van der Waals surface area contributed by atoms with Crippen LogP contribution >= 0.6 is 0 Å². The molecule has 2 nitrogen and oxygen atoms in total. The molecule has 0 bridgehead atoms. The fourth-order valence-corrected chi connectivity index (χ4v) is 1.56. The fraction of sp³-hybridized carbons (Fsp3) is 0.562. The molecule has 0 aromatic heterocycles. The number of unbranched alkanes of at least 4 members (excludes halogenated alkanes) is 5. The largest absolute Gasteiger partial charge is 0.463 e. The summed E-state index contributed by atoms with van der Waals surface area (Å²) in [6.45, 7) is 5.33. The molecule has 1 rings (SSSR count). The Bertz CT molecular complexity index is 264. The first-order valence-electron chi connectivity index (χ1n) is 6.94. The Morgan fingerprint density at radius 1 is 0.944 bits per heavy atom. The highest BCUT2D eigenvalue weighted by molar-refractivity contribution is 5.37. The summed E-state index contributed by atoms with van der Waals surface area (Å²) in [4.78, 5) is 9.76. The molecule has 0 unspecified atom stereocenters. The lowest BCUT2D eigenvalue weighted by molar-refractivity contribution is -0.129. The van der Waals surface area contributed by atoms with Crippen LogP contribution in [0.15, 0.2) is 30.3 Å². The topological polar surface area (TPSA) is 26.3 Å². The van der Waals surface area contributed by atoms with Crippen LogP contribution < -0.4 is 0 Å². The maximum atomic E-state index is 9.76. The molecule has 0 atom stereocenters. The quantitative estimate of drug-likeness (QED) is 0.492. The van der Waals surface area contributed by atoms with Gasteiger partial charge in [0.15, 0.2) is 0 Å². The lowest BCUT2D eigenvalue weighted by atomic mass is 10.1. The Morgan fingerprint density at radius 3 is 1.94 bits per heavy atom. The SMILES string of the molecule is CCCCCCCC.O=COCc1ccccc1. The first-order valence-corrected chi connectivity index (χ1v) is 6.94. The molecule has 0 saturated carbocycles. The van der Waals surface area contributed by atoms with E-state index in [9.17, 15) is 4.79 Å². The number of carbonyl (C=O) groups excluding carboxylic acids is 1. The lowest BCUT2D eigenvalue weighted by Crippen LogP contribution is -1.88. The van der Waals surface area contributed by atoms with Crippen LogP contribution in [0.1, 0.15) is 57.9 Å².